The average molecular weight is 348 g/mol. The molecule has 0 spiro atoms. The van der Waals surface area contributed by atoms with E-state index in [0.29, 0.717) is 17.9 Å². The van der Waals surface area contributed by atoms with Crippen molar-refractivity contribution in [3.8, 4) is 11.3 Å². The van der Waals surface area contributed by atoms with Gasteiger partial charge in [-0.2, -0.15) is 10.2 Å². The van der Waals surface area contributed by atoms with Crippen molar-refractivity contribution in [2.75, 3.05) is 11.9 Å². The first-order valence-corrected chi connectivity index (χ1v) is 8.00. The van der Waals surface area contributed by atoms with Crippen LogP contribution in [0.25, 0.3) is 16.9 Å². The number of fused-ring (bicyclic) bond motifs is 1. The van der Waals surface area contributed by atoms with Crippen LogP contribution in [0.15, 0.2) is 54.9 Å². The summed E-state index contributed by atoms with van der Waals surface area (Å²) in [4.78, 5) is 17.9. The highest BCUT2D eigenvalue weighted by Crippen LogP contribution is 2.25. The van der Waals surface area contributed by atoms with Crippen LogP contribution in [-0.2, 0) is 6.54 Å². The number of rotatable bonds is 5. The molecular formula is C18H16N6O2. The Bertz CT molecular complexity index is 1060. The van der Waals surface area contributed by atoms with Crippen LogP contribution in [0.4, 0.5) is 5.82 Å². The molecule has 0 saturated carbocycles. The van der Waals surface area contributed by atoms with Crippen molar-refractivity contribution in [3.05, 3.63) is 66.1 Å². The SMILES string of the molecule is CN(Cc1ccccc1)c1cc(-c2cn[nH]c2)n2nc(C(=O)O)cc2n1. The van der Waals surface area contributed by atoms with E-state index < -0.39 is 5.97 Å². The van der Waals surface area contributed by atoms with Crippen LogP contribution in [0.2, 0.25) is 0 Å². The van der Waals surface area contributed by atoms with Crippen molar-refractivity contribution < 1.29 is 9.90 Å². The first kappa shape index (κ1) is 15.8. The van der Waals surface area contributed by atoms with Gasteiger partial charge in [0.15, 0.2) is 11.3 Å². The normalized spacial score (nSPS) is 11.0. The molecule has 0 bridgehead atoms. The Labute approximate surface area is 148 Å². The second kappa shape index (κ2) is 6.32. The molecule has 3 heterocycles. The van der Waals surface area contributed by atoms with Gasteiger partial charge in [-0.05, 0) is 5.56 Å². The van der Waals surface area contributed by atoms with Gasteiger partial charge in [-0.3, -0.25) is 5.10 Å². The maximum absolute atomic E-state index is 11.3. The fourth-order valence-corrected chi connectivity index (χ4v) is 2.80. The number of carboxylic acids is 1. The zero-order chi connectivity index (χ0) is 18.1. The van der Waals surface area contributed by atoms with Crippen molar-refractivity contribution in [2.45, 2.75) is 6.54 Å². The number of aromatic carboxylic acids is 1. The molecule has 8 heteroatoms. The van der Waals surface area contributed by atoms with Gasteiger partial charge in [-0.25, -0.2) is 14.3 Å². The molecule has 3 aromatic heterocycles. The molecular weight excluding hydrogens is 332 g/mol. The smallest absolute Gasteiger partial charge is 0.356 e. The summed E-state index contributed by atoms with van der Waals surface area (Å²) in [7, 11) is 1.94. The van der Waals surface area contributed by atoms with Gasteiger partial charge in [0.2, 0.25) is 0 Å². The first-order chi connectivity index (χ1) is 12.6. The zero-order valence-corrected chi connectivity index (χ0v) is 14.0. The second-order valence-electron chi connectivity index (χ2n) is 5.93. The summed E-state index contributed by atoms with van der Waals surface area (Å²) in [5.41, 5.74) is 3.08. The Morgan fingerprint density at radius 3 is 2.77 bits per heavy atom. The van der Waals surface area contributed by atoms with E-state index in [1.807, 2.05) is 48.3 Å². The quantitative estimate of drug-likeness (QED) is 0.575. The van der Waals surface area contributed by atoms with Crippen LogP contribution in [0, 0.1) is 0 Å². The lowest BCUT2D eigenvalue weighted by molar-refractivity contribution is 0.0690. The molecule has 0 saturated heterocycles. The minimum Gasteiger partial charge on any atom is -0.476 e. The molecule has 8 nitrogen and oxygen atoms in total. The number of benzene rings is 1. The molecule has 0 aliphatic carbocycles. The van der Waals surface area contributed by atoms with E-state index in [9.17, 15) is 9.90 Å². The first-order valence-electron chi connectivity index (χ1n) is 8.00. The molecule has 0 amide bonds. The van der Waals surface area contributed by atoms with E-state index in [1.54, 1.807) is 12.4 Å². The number of H-pyrrole nitrogens is 1. The summed E-state index contributed by atoms with van der Waals surface area (Å²) >= 11 is 0. The molecule has 2 N–H and O–H groups in total. The van der Waals surface area contributed by atoms with Crippen LogP contribution in [0.3, 0.4) is 0 Å². The van der Waals surface area contributed by atoms with Gasteiger partial charge >= 0.3 is 5.97 Å². The Balaban J connectivity index is 1.81. The monoisotopic (exact) mass is 348 g/mol. The van der Waals surface area contributed by atoms with Crippen molar-refractivity contribution in [3.63, 3.8) is 0 Å². The van der Waals surface area contributed by atoms with E-state index in [-0.39, 0.29) is 5.69 Å². The van der Waals surface area contributed by atoms with Crippen LogP contribution in [-0.4, -0.2) is 42.9 Å². The van der Waals surface area contributed by atoms with Crippen molar-refractivity contribution >= 4 is 17.4 Å². The predicted molar refractivity (Wildman–Crippen MR) is 96.1 cm³/mol. The minimum absolute atomic E-state index is 0.0508. The zero-order valence-electron chi connectivity index (χ0n) is 14.0. The summed E-state index contributed by atoms with van der Waals surface area (Å²) in [6.07, 6.45) is 3.40. The molecule has 0 aliphatic rings. The Morgan fingerprint density at radius 2 is 2.08 bits per heavy atom. The number of aromatic amines is 1. The molecule has 4 aromatic rings. The minimum atomic E-state index is -1.09. The third-order valence-corrected chi connectivity index (χ3v) is 4.08. The van der Waals surface area contributed by atoms with Crippen LogP contribution < -0.4 is 4.90 Å². The van der Waals surface area contributed by atoms with Crippen LogP contribution in [0.1, 0.15) is 16.1 Å². The maximum atomic E-state index is 11.3. The fraction of sp³-hybridized carbons (Fsp3) is 0.111. The number of aromatic nitrogens is 5. The number of carbonyl (C=O) groups is 1. The standard InChI is InChI=1S/C18H16N6O2/c1-23(11-12-5-3-2-4-6-12)16-8-15(13-9-19-20-10-13)24-17(21-16)7-14(22-24)18(25)26/h2-10H,11H2,1H3,(H,19,20)(H,25,26). The van der Waals surface area contributed by atoms with Gasteiger partial charge in [0, 0.05) is 37.5 Å². The average Bonchev–Trinajstić information content (AvgIpc) is 3.31. The Hall–Kier alpha value is -3.68. The van der Waals surface area contributed by atoms with Crippen molar-refractivity contribution in [1.82, 2.24) is 24.8 Å². The van der Waals surface area contributed by atoms with Crippen LogP contribution in [0.5, 0.6) is 0 Å². The highest BCUT2D eigenvalue weighted by molar-refractivity contribution is 5.87. The molecule has 130 valence electrons. The number of nitrogens with one attached hydrogen (secondary N) is 1. The highest BCUT2D eigenvalue weighted by Gasteiger charge is 2.16. The van der Waals surface area contributed by atoms with E-state index in [1.165, 1.54) is 10.6 Å². The highest BCUT2D eigenvalue weighted by atomic mass is 16.4. The third-order valence-electron chi connectivity index (χ3n) is 4.08. The Morgan fingerprint density at radius 1 is 1.27 bits per heavy atom. The van der Waals surface area contributed by atoms with Gasteiger partial charge in [-0.1, -0.05) is 30.3 Å². The molecule has 1 aromatic carbocycles. The van der Waals surface area contributed by atoms with E-state index in [4.69, 9.17) is 0 Å². The summed E-state index contributed by atoms with van der Waals surface area (Å²) in [5.74, 6) is -0.373. The predicted octanol–water partition coefficient (Wildman–Crippen LogP) is 2.45. The van der Waals surface area contributed by atoms with E-state index in [0.717, 1.165) is 16.9 Å². The molecule has 4 rings (SSSR count). The number of hydrogen-bond acceptors (Lipinski definition) is 5. The lowest BCUT2D eigenvalue weighted by atomic mass is 10.2. The van der Waals surface area contributed by atoms with E-state index >= 15 is 0 Å². The maximum Gasteiger partial charge on any atom is 0.356 e. The van der Waals surface area contributed by atoms with Gasteiger partial charge in [0.25, 0.3) is 0 Å². The van der Waals surface area contributed by atoms with Crippen molar-refractivity contribution in [2.24, 2.45) is 0 Å². The molecule has 0 atom stereocenters. The summed E-state index contributed by atoms with van der Waals surface area (Å²) in [6, 6.07) is 13.4. The third kappa shape index (κ3) is 2.88. The lowest BCUT2D eigenvalue weighted by Crippen LogP contribution is -2.18. The Kier molecular flexibility index (Phi) is 3.85. The fourth-order valence-electron chi connectivity index (χ4n) is 2.80. The molecule has 26 heavy (non-hydrogen) atoms. The van der Waals surface area contributed by atoms with Gasteiger partial charge in [0.1, 0.15) is 5.82 Å². The second-order valence-corrected chi connectivity index (χ2v) is 5.93. The number of nitrogens with zero attached hydrogens (tertiary/aromatic N) is 5. The number of hydrogen-bond donors (Lipinski definition) is 2. The summed E-state index contributed by atoms with van der Waals surface area (Å²) < 4.78 is 1.52. The van der Waals surface area contributed by atoms with E-state index in [2.05, 4.69) is 20.3 Å². The lowest BCUT2D eigenvalue weighted by Gasteiger charge is -2.19. The molecule has 0 fully saturated rings. The molecule has 0 aliphatic heterocycles. The topological polar surface area (TPSA) is 99.4 Å². The largest absolute Gasteiger partial charge is 0.476 e. The molecule has 0 radical (unpaired) electrons. The van der Waals surface area contributed by atoms with Gasteiger partial charge < -0.3 is 10.0 Å². The summed E-state index contributed by atoms with van der Waals surface area (Å²) in [6.45, 7) is 0.675. The van der Waals surface area contributed by atoms with Crippen LogP contribution >= 0.6 is 0 Å². The molecule has 0 unspecified atom stereocenters. The summed E-state index contributed by atoms with van der Waals surface area (Å²) in [5, 5.41) is 20.1. The number of carboxylic acid groups (broad SMARTS) is 1. The van der Waals surface area contributed by atoms with Gasteiger partial charge in [0.05, 0.1) is 11.9 Å². The van der Waals surface area contributed by atoms with Gasteiger partial charge in [-0.15, -0.1) is 0 Å². The number of anilines is 1. The van der Waals surface area contributed by atoms with Crippen molar-refractivity contribution in [1.29, 1.82) is 0 Å².